The van der Waals surface area contributed by atoms with E-state index >= 15 is 0 Å². The highest BCUT2D eigenvalue weighted by molar-refractivity contribution is 5.88. The van der Waals surface area contributed by atoms with Crippen molar-refractivity contribution in [1.82, 2.24) is 5.01 Å². The smallest absolute Gasteiger partial charge is 0.331 e. The Kier molecular flexibility index (Phi) is 3.72. The van der Waals surface area contributed by atoms with E-state index in [0.29, 0.717) is 6.42 Å². The highest BCUT2D eigenvalue weighted by atomic mass is 16.5. The minimum absolute atomic E-state index is 0.210. The van der Waals surface area contributed by atoms with Crippen LogP contribution in [0.3, 0.4) is 0 Å². The van der Waals surface area contributed by atoms with Crippen molar-refractivity contribution in [3.8, 4) is 0 Å². The van der Waals surface area contributed by atoms with Gasteiger partial charge in [-0.1, -0.05) is 30.3 Å². The predicted octanol–water partition coefficient (Wildman–Crippen LogP) is 1.34. The van der Waals surface area contributed by atoms with Crippen molar-refractivity contribution < 1.29 is 14.3 Å². The minimum Gasteiger partial charge on any atom is -0.459 e. The number of rotatable bonds is 3. The number of esters is 1. The van der Waals surface area contributed by atoms with E-state index in [-0.39, 0.29) is 12.5 Å². The molecule has 1 amide bonds. The van der Waals surface area contributed by atoms with Crippen molar-refractivity contribution in [2.24, 2.45) is 5.10 Å². The van der Waals surface area contributed by atoms with Gasteiger partial charge in [0.2, 0.25) is 5.91 Å². The van der Waals surface area contributed by atoms with Crippen LogP contribution in [0.15, 0.2) is 35.4 Å². The Labute approximate surface area is 105 Å². The normalized spacial score (nSPS) is 17.8. The van der Waals surface area contributed by atoms with Crippen molar-refractivity contribution in [1.29, 1.82) is 0 Å². The monoisotopic (exact) mass is 246 g/mol. The lowest BCUT2D eigenvalue weighted by molar-refractivity contribution is -0.154. The standard InChI is InChI=1S/C13H14N2O3/c1-10(16)15-12(7-8-14-15)13(17)18-9-11-5-3-2-4-6-11/h2-6,8,12H,7,9H2,1H3. The van der Waals surface area contributed by atoms with Gasteiger partial charge in [0.25, 0.3) is 0 Å². The van der Waals surface area contributed by atoms with E-state index in [9.17, 15) is 9.59 Å². The molecule has 1 heterocycles. The highest BCUT2D eigenvalue weighted by Gasteiger charge is 2.32. The van der Waals surface area contributed by atoms with E-state index in [1.54, 1.807) is 6.21 Å². The first-order chi connectivity index (χ1) is 8.68. The molecule has 1 atom stereocenters. The Morgan fingerprint density at radius 3 is 2.78 bits per heavy atom. The van der Waals surface area contributed by atoms with Crippen molar-refractivity contribution >= 4 is 18.1 Å². The maximum Gasteiger partial charge on any atom is 0.331 e. The van der Waals surface area contributed by atoms with Crippen LogP contribution in [0, 0.1) is 0 Å². The molecule has 2 rings (SSSR count). The van der Waals surface area contributed by atoms with Gasteiger partial charge in [0.1, 0.15) is 6.61 Å². The molecule has 0 aromatic heterocycles. The van der Waals surface area contributed by atoms with Gasteiger partial charge in [-0.3, -0.25) is 4.79 Å². The second-order valence-corrected chi connectivity index (χ2v) is 4.01. The van der Waals surface area contributed by atoms with Crippen LogP contribution in [0.5, 0.6) is 0 Å². The van der Waals surface area contributed by atoms with E-state index < -0.39 is 12.0 Å². The summed E-state index contributed by atoms with van der Waals surface area (Å²) in [6.07, 6.45) is 1.96. The van der Waals surface area contributed by atoms with E-state index in [1.165, 1.54) is 6.92 Å². The average Bonchev–Trinajstić information content (AvgIpc) is 2.86. The number of hydrazone groups is 1. The third kappa shape index (κ3) is 2.74. The maximum absolute atomic E-state index is 11.8. The fourth-order valence-electron chi connectivity index (χ4n) is 1.74. The van der Waals surface area contributed by atoms with Crippen molar-refractivity contribution in [2.45, 2.75) is 26.0 Å². The number of ether oxygens (including phenoxy) is 1. The van der Waals surface area contributed by atoms with Gasteiger partial charge in [0.15, 0.2) is 6.04 Å². The van der Waals surface area contributed by atoms with Gasteiger partial charge in [0, 0.05) is 19.6 Å². The summed E-state index contributed by atoms with van der Waals surface area (Å²) in [6, 6.07) is 8.79. The average molecular weight is 246 g/mol. The second-order valence-electron chi connectivity index (χ2n) is 4.01. The lowest BCUT2D eigenvalue weighted by Gasteiger charge is -2.18. The van der Waals surface area contributed by atoms with Crippen LogP contribution < -0.4 is 0 Å². The van der Waals surface area contributed by atoms with Gasteiger partial charge in [0.05, 0.1) is 0 Å². The van der Waals surface area contributed by atoms with Crippen LogP contribution in [0.4, 0.5) is 0 Å². The molecule has 0 N–H and O–H groups in total. The van der Waals surface area contributed by atoms with E-state index in [0.717, 1.165) is 10.6 Å². The lowest BCUT2D eigenvalue weighted by Crippen LogP contribution is -2.38. The van der Waals surface area contributed by atoms with Gasteiger partial charge >= 0.3 is 5.97 Å². The number of carbonyl (C=O) groups is 2. The van der Waals surface area contributed by atoms with Crippen molar-refractivity contribution in [3.63, 3.8) is 0 Å². The molecule has 1 unspecified atom stereocenters. The van der Waals surface area contributed by atoms with E-state index in [4.69, 9.17) is 4.74 Å². The summed E-state index contributed by atoms with van der Waals surface area (Å²) in [4.78, 5) is 23.1. The SMILES string of the molecule is CC(=O)N1N=CCC1C(=O)OCc1ccccc1. The number of carbonyl (C=O) groups excluding carboxylic acids is 2. The number of hydrogen-bond acceptors (Lipinski definition) is 4. The van der Waals surface area contributed by atoms with Gasteiger partial charge in [-0.15, -0.1) is 0 Å². The number of hydrogen-bond donors (Lipinski definition) is 0. The zero-order valence-electron chi connectivity index (χ0n) is 10.1. The second kappa shape index (κ2) is 5.44. The van der Waals surface area contributed by atoms with Gasteiger partial charge in [-0.05, 0) is 5.56 Å². The van der Waals surface area contributed by atoms with Crippen LogP contribution in [0.2, 0.25) is 0 Å². The molecular formula is C13H14N2O3. The Morgan fingerprint density at radius 1 is 1.39 bits per heavy atom. The number of nitrogens with zero attached hydrogens (tertiary/aromatic N) is 2. The van der Waals surface area contributed by atoms with Crippen LogP contribution in [0.25, 0.3) is 0 Å². The summed E-state index contributed by atoms with van der Waals surface area (Å²) in [7, 11) is 0. The van der Waals surface area contributed by atoms with Crippen LogP contribution in [-0.4, -0.2) is 29.1 Å². The molecule has 0 spiro atoms. The first kappa shape index (κ1) is 12.3. The Hall–Kier alpha value is -2.17. The summed E-state index contributed by atoms with van der Waals surface area (Å²) in [5.41, 5.74) is 0.916. The molecule has 0 bridgehead atoms. The molecule has 5 nitrogen and oxygen atoms in total. The molecule has 0 saturated carbocycles. The van der Waals surface area contributed by atoms with Crippen molar-refractivity contribution in [2.75, 3.05) is 0 Å². The summed E-state index contributed by atoms with van der Waals surface area (Å²) >= 11 is 0. The molecule has 94 valence electrons. The molecule has 1 aromatic rings. The first-order valence-corrected chi connectivity index (χ1v) is 5.71. The summed E-state index contributed by atoms with van der Waals surface area (Å²) in [5, 5.41) is 5.01. The molecule has 0 aliphatic carbocycles. The topological polar surface area (TPSA) is 59.0 Å². The zero-order chi connectivity index (χ0) is 13.0. The Bertz CT molecular complexity index is 470. The highest BCUT2D eigenvalue weighted by Crippen LogP contribution is 2.14. The summed E-state index contributed by atoms with van der Waals surface area (Å²) in [6.45, 7) is 1.59. The molecule has 1 aliphatic heterocycles. The Balaban J connectivity index is 1.91. The minimum atomic E-state index is -0.619. The van der Waals surface area contributed by atoms with Crippen molar-refractivity contribution in [3.05, 3.63) is 35.9 Å². The van der Waals surface area contributed by atoms with Gasteiger partial charge < -0.3 is 4.74 Å². The summed E-state index contributed by atoms with van der Waals surface area (Å²) < 4.78 is 5.18. The molecule has 0 radical (unpaired) electrons. The first-order valence-electron chi connectivity index (χ1n) is 5.71. The van der Waals surface area contributed by atoms with Gasteiger partial charge in [-0.2, -0.15) is 5.10 Å². The molecule has 5 heteroatoms. The van der Waals surface area contributed by atoms with Crippen LogP contribution >= 0.6 is 0 Å². The van der Waals surface area contributed by atoms with Crippen LogP contribution in [0.1, 0.15) is 18.9 Å². The molecule has 0 fully saturated rings. The van der Waals surface area contributed by atoms with E-state index in [2.05, 4.69) is 5.10 Å². The fourth-order valence-corrected chi connectivity index (χ4v) is 1.74. The van der Waals surface area contributed by atoms with E-state index in [1.807, 2.05) is 30.3 Å². The maximum atomic E-state index is 11.8. The number of benzene rings is 1. The predicted molar refractivity (Wildman–Crippen MR) is 65.7 cm³/mol. The molecule has 1 aliphatic rings. The molecule has 0 saturated heterocycles. The molecule has 1 aromatic carbocycles. The quantitative estimate of drug-likeness (QED) is 0.756. The Morgan fingerprint density at radius 2 is 2.11 bits per heavy atom. The summed E-state index contributed by atoms with van der Waals surface area (Å²) in [5.74, 6) is -0.683. The third-order valence-electron chi connectivity index (χ3n) is 2.65. The lowest BCUT2D eigenvalue weighted by atomic mass is 10.2. The van der Waals surface area contributed by atoms with Gasteiger partial charge in [-0.25, -0.2) is 9.80 Å². The molecular weight excluding hydrogens is 232 g/mol. The largest absolute Gasteiger partial charge is 0.459 e. The number of amides is 1. The zero-order valence-corrected chi connectivity index (χ0v) is 10.1. The third-order valence-corrected chi connectivity index (χ3v) is 2.65. The fraction of sp³-hybridized carbons (Fsp3) is 0.308. The molecule has 18 heavy (non-hydrogen) atoms. The van der Waals surface area contributed by atoms with Crippen LogP contribution in [-0.2, 0) is 20.9 Å².